The van der Waals surface area contributed by atoms with E-state index in [-0.39, 0.29) is 81.7 Å². The summed E-state index contributed by atoms with van der Waals surface area (Å²) < 4.78 is 0. The topological polar surface area (TPSA) is 123 Å². The van der Waals surface area contributed by atoms with Crippen molar-refractivity contribution in [3.8, 4) is 11.5 Å². The van der Waals surface area contributed by atoms with E-state index in [2.05, 4.69) is 10.6 Å². The Labute approximate surface area is 181 Å². The zero-order valence-corrected chi connectivity index (χ0v) is 17.0. The molecule has 0 unspecified atom stereocenters. The summed E-state index contributed by atoms with van der Waals surface area (Å²) in [5.74, 6) is -3.06. The number of rotatable bonds is 6. The Kier molecular flexibility index (Phi) is 10.5. The minimum Gasteiger partial charge on any atom is -0.545 e. The number of carbonyl (C=O) groups excluding carboxylic acids is 2. The fourth-order valence-electron chi connectivity index (χ4n) is 1.55. The van der Waals surface area contributed by atoms with Crippen LogP contribution in [0.1, 0.15) is 20.7 Å². The summed E-state index contributed by atoms with van der Waals surface area (Å²) in [6.45, 7) is 0. The zero-order valence-electron chi connectivity index (χ0n) is 13.0. The van der Waals surface area contributed by atoms with Crippen LogP contribution < -0.4 is 79.0 Å². The van der Waals surface area contributed by atoms with Crippen molar-refractivity contribution in [3.63, 3.8) is 0 Å². The smallest absolute Gasteiger partial charge is 0.545 e. The Morgan fingerprint density at radius 3 is 1.38 bits per heavy atom. The van der Waals surface area contributed by atoms with E-state index in [1.54, 1.807) is 0 Å². The molecule has 10 heteroatoms. The maximum absolute atomic E-state index is 10.8. The van der Waals surface area contributed by atoms with Gasteiger partial charge in [-0.2, -0.15) is 0 Å². The second kappa shape index (κ2) is 11.2. The molecule has 0 heterocycles. The first-order valence-electron chi connectivity index (χ1n) is 5.94. The number of carbonyl (C=O) groups is 2. The van der Waals surface area contributed by atoms with Gasteiger partial charge in [-0.3, -0.25) is 0 Å². The van der Waals surface area contributed by atoms with E-state index in [0.29, 0.717) is 0 Å². The van der Waals surface area contributed by atoms with Gasteiger partial charge in [-0.15, -0.1) is 0 Å². The normalized spacial score (nSPS) is 9.50. The fourth-order valence-corrected chi connectivity index (χ4v) is 1.55. The van der Waals surface area contributed by atoms with Crippen molar-refractivity contribution in [2.45, 2.75) is 0 Å². The molecule has 2 rings (SSSR count). The summed E-state index contributed by atoms with van der Waals surface area (Å²) >= 11 is 0. The van der Waals surface area contributed by atoms with Crippen molar-refractivity contribution in [2.24, 2.45) is 10.6 Å². The minimum atomic E-state index is -1.44. The molecule has 0 aliphatic rings. The van der Waals surface area contributed by atoms with Gasteiger partial charge in [0.15, 0.2) is 11.5 Å². The Balaban J connectivity index is 0.00000264. The molecule has 0 atom stereocenters. The van der Waals surface area contributed by atoms with E-state index in [0.717, 1.165) is 0 Å². The van der Waals surface area contributed by atoms with Gasteiger partial charge in [0.1, 0.15) is 0 Å². The van der Waals surface area contributed by atoms with Crippen LogP contribution in [-0.2, 0) is 0 Å². The molecule has 8 nitrogen and oxygen atoms in total. The molecule has 2 aromatic carbocycles. The molecule has 0 spiro atoms. The van der Waals surface area contributed by atoms with Crippen molar-refractivity contribution >= 4 is 11.9 Å². The second-order valence-electron chi connectivity index (χ2n) is 3.91. The molecule has 24 heavy (non-hydrogen) atoms. The van der Waals surface area contributed by atoms with E-state index < -0.39 is 11.9 Å². The Hall–Kier alpha value is -1.42. The minimum absolute atomic E-state index is 0. The Morgan fingerprint density at radius 1 is 0.708 bits per heavy atom. The van der Waals surface area contributed by atoms with Gasteiger partial charge >= 0.3 is 59.1 Å². The van der Waals surface area contributed by atoms with Gasteiger partial charge in [0.25, 0.3) is 0 Å². The molecule has 0 aromatic heterocycles. The van der Waals surface area contributed by atoms with Crippen LogP contribution in [0.4, 0.5) is 0 Å². The van der Waals surface area contributed by atoms with Gasteiger partial charge in [0.2, 0.25) is 0 Å². The third kappa shape index (κ3) is 6.23. The predicted molar refractivity (Wildman–Crippen MR) is 67.7 cm³/mol. The molecule has 0 aliphatic carbocycles. The predicted octanol–water partition coefficient (Wildman–Crippen LogP) is -5.84. The van der Waals surface area contributed by atoms with E-state index in [1.165, 1.54) is 48.5 Å². The van der Waals surface area contributed by atoms with Crippen LogP contribution in [0.2, 0.25) is 0 Å². The number of hydrogen-bond acceptors (Lipinski definition) is 8. The molecule has 0 fully saturated rings. The van der Waals surface area contributed by atoms with Crippen molar-refractivity contribution in [3.05, 3.63) is 59.7 Å². The monoisotopic (exact) mass is 346 g/mol. The van der Waals surface area contributed by atoms with E-state index in [4.69, 9.17) is 9.68 Å². The Morgan fingerprint density at radius 2 is 1.04 bits per heavy atom. The van der Waals surface area contributed by atoms with Crippen molar-refractivity contribution in [2.75, 3.05) is 0 Å². The van der Waals surface area contributed by atoms with Crippen molar-refractivity contribution in [1.82, 2.24) is 0 Å². The van der Waals surface area contributed by atoms with Crippen LogP contribution in [0.3, 0.4) is 0 Å². The van der Waals surface area contributed by atoms with Crippen molar-refractivity contribution < 1.29 is 88.6 Å². The fraction of sp³-hybridized carbons (Fsp3) is 0. The van der Waals surface area contributed by atoms with Gasteiger partial charge in [0.05, 0.1) is 22.5 Å². The summed E-state index contributed by atoms with van der Waals surface area (Å²) in [4.78, 5) is 31.2. The summed E-state index contributed by atoms with van der Waals surface area (Å²) in [6, 6.07) is 11.3. The molecular weight excluding hydrogens is 338 g/mol. The average molecular weight is 346 g/mol. The van der Waals surface area contributed by atoms with Gasteiger partial charge in [0, 0.05) is 11.1 Å². The molecule has 0 bridgehead atoms. The van der Waals surface area contributed by atoms with Crippen molar-refractivity contribution in [1.29, 1.82) is 0 Å². The van der Waals surface area contributed by atoms with Crippen LogP contribution in [-0.4, -0.2) is 11.9 Å². The maximum Gasteiger partial charge on any atom is 1.00 e. The van der Waals surface area contributed by atoms with Gasteiger partial charge in [-0.05, 0) is 24.3 Å². The third-order valence-corrected chi connectivity index (χ3v) is 2.53. The molecule has 0 amide bonds. The maximum atomic E-state index is 10.8. The zero-order chi connectivity index (χ0) is 15.9. The van der Waals surface area contributed by atoms with Crippen LogP contribution in [0.15, 0.2) is 59.1 Å². The average Bonchev–Trinajstić information content (AvgIpc) is 2.52. The van der Waals surface area contributed by atoms with Crippen LogP contribution in [0, 0.1) is 0 Å². The van der Waals surface area contributed by atoms with E-state index >= 15 is 0 Å². The second-order valence-corrected chi connectivity index (χ2v) is 3.91. The standard InChI is InChI=1S/C14H10N2O6.2Na/c17-13(18)9-5-1-3-7-11(9)21-15-16-22-12-8-4-2-6-10(12)14(19)20;;/h1-8H,(H,17,18)(H,19,20);;/q;2*+1/p-2/b16-15+;;. The first kappa shape index (κ1) is 22.6. The molecule has 0 saturated carbocycles. The number of carboxylic acid groups (broad SMARTS) is 2. The molecule has 2 aromatic rings. The van der Waals surface area contributed by atoms with Crippen LogP contribution in [0.5, 0.6) is 11.5 Å². The summed E-state index contributed by atoms with van der Waals surface area (Å²) in [7, 11) is 0. The number of para-hydroxylation sites is 2. The van der Waals surface area contributed by atoms with E-state index in [9.17, 15) is 19.8 Å². The number of benzene rings is 2. The number of carboxylic acids is 2. The summed E-state index contributed by atoms with van der Waals surface area (Å²) in [6.07, 6.45) is 0. The van der Waals surface area contributed by atoms with Crippen LogP contribution in [0.25, 0.3) is 0 Å². The molecule has 0 radical (unpaired) electrons. The summed E-state index contributed by atoms with van der Waals surface area (Å²) in [5, 5.41) is 28.0. The molecule has 0 N–H and O–H groups in total. The van der Waals surface area contributed by atoms with Gasteiger partial charge < -0.3 is 29.5 Å². The summed E-state index contributed by atoms with van der Waals surface area (Å²) in [5.41, 5.74) is -0.423. The van der Waals surface area contributed by atoms with Gasteiger partial charge in [-0.25, -0.2) is 0 Å². The quantitative estimate of drug-likeness (QED) is 0.292. The molecule has 0 saturated heterocycles. The van der Waals surface area contributed by atoms with Gasteiger partial charge in [-0.1, -0.05) is 24.3 Å². The number of aromatic carboxylic acids is 2. The first-order chi connectivity index (χ1) is 10.6. The van der Waals surface area contributed by atoms with E-state index in [1.807, 2.05) is 0 Å². The molecule has 0 aliphatic heterocycles. The first-order valence-corrected chi connectivity index (χ1v) is 5.94. The number of nitrogens with zero attached hydrogens (tertiary/aromatic N) is 2. The largest absolute Gasteiger partial charge is 1.00 e. The van der Waals surface area contributed by atoms with Crippen LogP contribution >= 0.6 is 0 Å². The third-order valence-electron chi connectivity index (χ3n) is 2.53. The Bertz CT molecular complexity index is 677. The number of hydrogen-bond donors (Lipinski definition) is 0. The molecule has 112 valence electrons. The SMILES string of the molecule is O=C([O-])c1ccccc1O/N=N/Oc1ccccc1C(=O)[O-].[Na+].[Na+]. The molecular formula is C14H8N2Na2O6.